The second-order valence-electron chi connectivity index (χ2n) is 5.59. The summed E-state index contributed by atoms with van der Waals surface area (Å²) < 4.78 is 0. The van der Waals surface area contributed by atoms with E-state index < -0.39 is 5.97 Å². The smallest absolute Gasteiger partial charge is 0.308 e. The number of hydrogen-bond acceptors (Lipinski definition) is 2. The maximum Gasteiger partial charge on any atom is 0.308 e. The van der Waals surface area contributed by atoms with Crippen LogP contribution in [0.3, 0.4) is 0 Å². The van der Waals surface area contributed by atoms with Gasteiger partial charge in [0.25, 0.3) is 0 Å². The summed E-state index contributed by atoms with van der Waals surface area (Å²) in [5.41, 5.74) is 2.45. The Kier molecular flexibility index (Phi) is 3.71. The molecule has 0 spiro atoms. The van der Waals surface area contributed by atoms with Gasteiger partial charge >= 0.3 is 5.97 Å². The van der Waals surface area contributed by atoms with Gasteiger partial charge in [-0.2, -0.15) is 0 Å². The number of likely N-dealkylation sites (tertiary alicyclic amines) is 1. The summed E-state index contributed by atoms with van der Waals surface area (Å²) in [6.07, 6.45) is 0. The minimum atomic E-state index is -0.683. The average Bonchev–Trinajstić information content (AvgIpc) is 2.71. The van der Waals surface area contributed by atoms with E-state index in [4.69, 9.17) is 0 Å². The van der Waals surface area contributed by atoms with Crippen LogP contribution in [0.5, 0.6) is 0 Å². The summed E-state index contributed by atoms with van der Waals surface area (Å²) in [6.45, 7) is 5.81. The van der Waals surface area contributed by atoms with E-state index in [1.54, 1.807) is 0 Å². The highest BCUT2D eigenvalue weighted by Gasteiger charge is 2.36. The van der Waals surface area contributed by atoms with Gasteiger partial charge in [-0.3, -0.25) is 4.79 Å². The van der Waals surface area contributed by atoms with Gasteiger partial charge in [-0.15, -0.1) is 0 Å². The van der Waals surface area contributed by atoms with Gasteiger partial charge < -0.3 is 10.0 Å². The molecule has 2 rings (SSSR count). The second-order valence-corrected chi connectivity index (χ2v) is 5.59. The van der Waals surface area contributed by atoms with Crippen LogP contribution in [0.2, 0.25) is 0 Å². The van der Waals surface area contributed by atoms with E-state index in [2.05, 4.69) is 43.0 Å². The Morgan fingerprint density at radius 2 is 1.89 bits per heavy atom. The lowest BCUT2D eigenvalue weighted by Crippen LogP contribution is -2.21. The minimum absolute atomic E-state index is 0.119. The highest BCUT2D eigenvalue weighted by Crippen LogP contribution is 2.32. The van der Waals surface area contributed by atoms with Crippen LogP contribution < -0.4 is 0 Å². The van der Waals surface area contributed by atoms with Crippen LogP contribution in [0.1, 0.15) is 36.8 Å². The first kappa shape index (κ1) is 13.1. The Balaban J connectivity index is 2.22. The highest BCUT2D eigenvalue weighted by molar-refractivity contribution is 5.72. The number of rotatable bonds is 3. The third kappa shape index (κ3) is 2.56. The number of hydrogen-bond donors (Lipinski definition) is 1. The lowest BCUT2D eigenvalue weighted by molar-refractivity contribution is -0.141. The molecule has 0 bridgehead atoms. The van der Waals surface area contributed by atoms with Crippen molar-refractivity contribution in [3.05, 3.63) is 35.4 Å². The number of carboxylic acid groups (broad SMARTS) is 1. The molecular formula is C15H21NO2. The third-order valence-corrected chi connectivity index (χ3v) is 3.85. The average molecular weight is 247 g/mol. The Bertz CT molecular complexity index is 425. The van der Waals surface area contributed by atoms with Crippen molar-refractivity contribution in [3.8, 4) is 0 Å². The van der Waals surface area contributed by atoms with Crippen molar-refractivity contribution in [1.82, 2.24) is 4.90 Å². The molecule has 1 fully saturated rings. The Labute approximate surface area is 108 Å². The van der Waals surface area contributed by atoms with Crippen molar-refractivity contribution in [2.45, 2.75) is 25.7 Å². The fraction of sp³-hybridized carbons (Fsp3) is 0.533. The number of carbonyl (C=O) groups is 1. The van der Waals surface area contributed by atoms with Gasteiger partial charge in [0.05, 0.1) is 5.92 Å². The van der Waals surface area contributed by atoms with Crippen molar-refractivity contribution in [3.63, 3.8) is 0 Å². The standard InChI is InChI=1S/C15H21NO2/c1-10(2)11-4-6-12(7-5-11)13-8-16(3)9-14(13)15(17)18/h4-7,10,13-14H,8-9H2,1-3H3,(H,17,18)/t13-,14+/m1/s1. The molecule has 2 atom stereocenters. The molecule has 0 aliphatic carbocycles. The van der Waals surface area contributed by atoms with E-state index in [0.717, 1.165) is 12.1 Å². The van der Waals surface area contributed by atoms with Crippen molar-refractivity contribution < 1.29 is 9.90 Å². The van der Waals surface area contributed by atoms with Gasteiger partial charge in [0, 0.05) is 19.0 Å². The number of likely N-dealkylation sites (N-methyl/N-ethyl adjacent to an activating group) is 1. The van der Waals surface area contributed by atoms with Crippen molar-refractivity contribution in [1.29, 1.82) is 0 Å². The van der Waals surface area contributed by atoms with Crippen LogP contribution >= 0.6 is 0 Å². The molecule has 0 aromatic heterocycles. The first-order chi connectivity index (χ1) is 8.49. The first-order valence-corrected chi connectivity index (χ1v) is 6.50. The molecule has 0 amide bonds. The van der Waals surface area contributed by atoms with Crippen LogP contribution in [0.15, 0.2) is 24.3 Å². The predicted molar refractivity (Wildman–Crippen MR) is 71.9 cm³/mol. The van der Waals surface area contributed by atoms with E-state index in [9.17, 15) is 9.90 Å². The fourth-order valence-corrected chi connectivity index (χ4v) is 2.72. The summed E-state index contributed by atoms with van der Waals surface area (Å²) in [5, 5.41) is 9.28. The molecule has 0 radical (unpaired) electrons. The molecule has 1 aromatic rings. The molecule has 3 heteroatoms. The monoisotopic (exact) mass is 247 g/mol. The quantitative estimate of drug-likeness (QED) is 0.892. The summed E-state index contributed by atoms with van der Waals surface area (Å²) in [4.78, 5) is 13.4. The molecule has 1 aliphatic heterocycles. The summed E-state index contributed by atoms with van der Waals surface area (Å²) >= 11 is 0. The highest BCUT2D eigenvalue weighted by atomic mass is 16.4. The van der Waals surface area contributed by atoms with Gasteiger partial charge in [0.15, 0.2) is 0 Å². The molecule has 3 nitrogen and oxygen atoms in total. The molecule has 98 valence electrons. The maximum atomic E-state index is 11.3. The molecule has 1 aliphatic rings. The summed E-state index contributed by atoms with van der Waals surface area (Å²) in [5.74, 6) is -0.327. The van der Waals surface area contributed by atoms with Gasteiger partial charge in [-0.1, -0.05) is 38.1 Å². The van der Waals surface area contributed by atoms with Crippen molar-refractivity contribution in [2.24, 2.45) is 5.92 Å². The molecule has 18 heavy (non-hydrogen) atoms. The largest absolute Gasteiger partial charge is 0.481 e. The predicted octanol–water partition coefficient (Wildman–Crippen LogP) is 2.54. The van der Waals surface area contributed by atoms with E-state index in [0.29, 0.717) is 12.5 Å². The topological polar surface area (TPSA) is 40.5 Å². The van der Waals surface area contributed by atoms with Crippen LogP contribution in [0.25, 0.3) is 0 Å². The molecule has 0 unspecified atom stereocenters. The summed E-state index contributed by atoms with van der Waals surface area (Å²) in [7, 11) is 1.98. The minimum Gasteiger partial charge on any atom is -0.481 e. The third-order valence-electron chi connectivity index (χ3n) is 3.85. The van der Waals surface area contributed by atoms with E-state index in [1.165, 1.54) is 5.56 Å². The normalized spacial score (nSPS) is 24.7. The zero-order valence-corrected chi connectivity index (χ0v) is 11.3. The summed E-state index contributed by atoms with van der Waals surface area (Å²) in [6, 6.07) is 8.43. The van der Waals surface area contributed by atoms with Gasteiger partial charge in [0.1, 0.15) is 0 Å². The zero-order valence-electron chi connectivity index (χ0n) is 11.3. The lowest BCUT2D eigenvalue weighted by Gasteiger charge is -2.16. The van der Waals surface area contributed by atoms with Crippen LogP contribution in [-0.2, 0) is 4.79 Å². The Morgan fingerprint density at radius 3 is 2.39 bits per heavy atom. The van der Waals surface area contributed by atoms with Crippen LogP contribution in [0, 0.1) is 5.92 Å². The van der Waals surface area contributed by atoms with Crippen molar-refractivity contribution >= 4 is 5.97 Å². The zero-order chi connectivity index (χ0) is 13.3. The second kappa shape index (κ2) is 5.11. The number of carboxylic acids is 1. The molecule has 1 saturated heterocycles. The van der Waals surface area contributed by atoms with Crippen molar-refractivity contribution in [2.75, 3.05) is 20.1 Å². The molecule has 1 N–H and O–H groups in total. The molecular weight excluding hydrogens is 226 g/mol. The van der Waals surface area contributed by atoms with Crippen LogP contribution in [0.4, 0.5) is 0 Å². The van der Waals surface area contributed by atoms with Crippen LogP contribution in [-0.4, -0.2) is 36.1 Å². The van der Waals surface area contributed by atoms with Gasteiger partial charge in [0.2, 0.25) is 0 Å². The van der Waals surface area contributed by atoms with Gasteiger partial charge in [-0.05, 0) is 24.1 Å². The number of aliphatic carboxylic acids is 1. The molecule has 0 saturated carbocycles. The van der Waals surface area contributed by atoms with E-state index in [1.807, 2.05) is 7.05 Å². The Hall–Kier alpha value is -1.35. The number of nitrogens with zero attached hydrogens (tertiary/aromatic N) is 1. The van der Waals surface area contributed by atoms with E-state index >= 15 is 0 Å². The number of benzene rings is 1. The first-order valence-electron chi connectivity index (χ1n) is 6.50. The lowest BCUT2D eigenvalue weighted by atomic mass is 9.88. The fourth-order valence-electron chi connectivity index (χ4n) is 2.72. The maximum absolute atomic E-state index is 11.3. The van der Waals surface area contributed by atoms with Gasteiger partial charge in [-0.25, -0.2) is 0 Å². The van der Waals surface area contributed by atoms with E-state index in [-0.39, 0.29) is 11.8 Å². The molecule has 1 aromatic carbocycles. The Morgan fingerprint density at radius 1 is 1.28 bits per heavy atom. The molecule has 1 heterocycles. The SMILES string of the molecule is CC(C)c1ccc([C@H]2CN(C)C[C@@H]2C(=O)O)cc1.